The number of carbonyl (C=O) groups is 1. The van der Waals surface area contributed by atoms with Crippen LogP contribution in [0.15, 0.2) is 58.2 Å². The van der Waals surface area contributed by atoms with E-state index in [4.69, 9.17) is 23.6 Å². The Labute approximate surface area is 252 Å². The number of aliphatic carboxylic acids is 1. The summed E-state index contributed by atoms with van der Waals surface area (Å²) in [5.74, 6) is 0.596. The second-order valence-corrected chi connectivity index (χ2v) is 11.8. The number of aliphatic hydroxyl groups is 3. The summed E-state index contributed by atoms with van der Waals surface area (Å²) in [5.41, 5.74) is 1.51. The molecule has 13 nitrogen and oxygen atoms in total. The number of aromatic nitrogens is 3. The largest absolute Gasteiger partial charge is 0.497 e. The van der Waals surface area contributed by atoms with Crippen molar-refractivity contribution in [2.45, 2.75) is 56.0 Å². The summed E-state index contributed by atoms with van der Waals surface area (Å²) in [6, 6.07) is 10.7. The lowest BCUT2D eigenvalue weighted by Gasteiger charge is -2.38. The van der Waals surface area contributed by atoms with Crippen molar-refractivity contribution < 1.29 is 43.8 Å². The standard InChI is InChI=1S/C30H27N3O10S/c1-40-14-7-8-16(18(9-14)13-5-6-13)26-32-27-20(28(37)33(26)11-15-10-31-12-41-15)17-3-2-4-19(25(17)44-27)42-30-23(36)21(34)22(35)24(43-30)29(38)39/h2-4,7-10,12-13,21-24,30,34-36H,5-6,11H2,1H3,(H,38,39)/t21-,22-,23+,24-,30+/m0/s1. The molecule has 2 aliphatic rings. The lowest BCUT2D eigenvalue weighted by molar-refractivity contribution is -0.270. The van der Waals surface area contributed by atoms with Gasteiger partial charge in [-0.3, -0.25) is 9.36 Å². The third-order valence-electron chi connectivity index (χ3n) is 7.95. The zero-order valence-corrected chi connectivity index (χ0v) is 24.0. The second-order valence-electron chi connectivity index (χ2n) is 10.8. The predicted molar refractivity (Wildman–Crippen MR) is 156 cm³/mol. The number of oxazole rings is 1. The molecule has 4 N–H and O–H groups in total. The van der Waals surface area contributed by atoms with E-state index in [1.54, 1.807) is 36.1 Å². The van der Waals surface area contributed by atoms with Crippen molar-refractivity contribution in [1.82, 2.24) is 14.5 Å². The molecule has 0 amide bonds. The van der Waals surface area contributed by atoms with Crippen LogP contribution in [0.5, 0.6) is 11.5 Å². The number of fused-ring (bicyclic) bond motifs is 3. The Morgan fingerprint density at radius 3 is 2.66 bits per heavy atom. The zero-order valence-electron chi connectivity index (χ0n) is 23.2. The maximum absolute atomic E-state index is 14.3. The van der Waals surface area contributed by atoms with Crippen LogP contribution in [-0.4, -0.2) is 78.7 Å². The third kappa shape index (κ3) is 4.80. The molecule has 44 heavy (non-hydrogen) atoms. The number of carboxylic acid groups (broad SMARTS) is 1. The lowest BCUT2D eigenvalue weighted by Crippen LogP contribution is -2.61. The Morgan fingerprint density at radius 2 is 1.95 bits per heavy atom. The summed E-state index contributed by atoms with van der Waals surface area (Å²) < 4.78 is 24.2. The number of hydrogen-bond donors (Lipinski definition) is 4. The number of thiophene rings is 1. The maximum atomic E-state index is 14.3. The van der Waals surface area contributed by atoms with Gasteiger partial charge < -0.3 is 39.1 Å². The molecule has 1 aliphatic heterocycles. The molecule has 7 rings (SSSR count). The first kappa shape index (κ1) is 28.4. The van der Waals surface area contributed by atoms with Gasteiger partial charge in [-0.2, -0.15) is 0 Å². The Balaban J connectivity index is 1.38. The number of aliphatic hydroxyl groups excluding tert-OH is 3. The average Bonchev–Trinajstić information content (AvgIpc) is 3.60. The highest BCUT2D eigenvalue weighted by Crippen LogP contribution is 2.46. The normalized spacial score (nSPS) is 23.7. The molecule has 0 unspecified atom stereocenters. The first-order valence-corrected chi connectivity index (χ1v) is 14.7. The minimum atomic E-state index is -1.86. The van der Waals surface area contributed by atoms with E-state index in [9.17, 15) is 30.0 Å². The molecule has 2 aromatic carbocycles. The van der Waals surface area contributed by atoms with E-state index in [-0.39, 0.29) is 17.9 Å². The number of rotatable bonds is 8. The van der Waals surface area contributed by atoms with Crippen molar-refractivity contribution in [1.29, 1.82) is 0 Å². The topological polar surface area (TPSA) is 187 Å². The summed E-state index contributed by atoms with van der Waals surface area (Å²) in [4.78, 5) is 35.3. The molecule has 0 spiro atoms. The molecule has 5 atom stereocenters. The number of ether oxygens (including phenoxy) is 3. The van der Waals surface area contributed by atoms with Gasteiger partial charge >= 0.3 is 5.97 Å². The van der Waals surface area contributed by atoms with Crippen LogP contribution in [0.4, 0.5) is 0 Å². The third-order valence-corrected chi connectivity index (χ3v) is 9.07. The molecule has 1 aliphatic carbocycles. The number of nitrogens with zero attached hydrogens (tertiary/aromatic N) is 3. The maximum Gasteiger partial charge on any atom is 0.335 e. The van der Waals surface area contributed by atoms with E-state index in [1.807, 2.05) is 18.2 Å². The fraction of sp³-hybridized carbons (Fsp3) is 0.333. The van der Waals surface area contributed by atoms with Crippen LogP contribution in [0.1, 0.15) is 30.1 Å². The highest BCUT2D eigenvalue weighted by Gasteiger charge is 2.48. The highest BCUT2D eigenvalue weighted by atomic mass is 32.1. The van der Waals surface area contributed by atoms with Gasteiger partial charge in [0.1, 0.15) is 46.2 Å². The summed E-state index contributed by atoms with van der Waals surface area (Å²) >= 11 is 1.19. The Morgan fingerprint density at radius 1 is 1.14 bits per heavy atom. The number of carboxylic acids is 1. The van der Waals surface area contributed by atoms with Crippen molar-refractivity contribution >= 4 is 37.6 Å². The molecule has 5 aromatic rings. The first-order chi connectivity index (χ1) is 21.2. The summed E-state index contributed by atoms with van der Waals surface area (Å²) in [5, 5.41) is 41.1. The van der Waals surface area contributed by atoms with Gasteiger partial charge in [0, 0.05) is 10.9 Å². The minimum absolute atomic E-state index is 0.0830. The minimum Gasteiger partial charge on any atom is -0.497 e. The van der Waals surface area contributed by atoms with E-state index >= 15 is 0 Å². The molecule has 1 saturated heterocycles. The monoisotopic (exact) mass is 621 g/mol. The molecule has 0 radical (unpaired) electrons. The summed E-state index contributed by atoms with van der Waals surface area (Å²) in [6.45, 7) is 0.0830. The van der Waals surface area contributed by atoms with E-state index < -0.39 is 36.7 Å². The van der Waals surface area contributed by atoms with Crippen LogP contribution >= 0.6 is 11.3 Å². The molecule has 2 fully saturated rings. The van der Waals surface area contributed by atoms with Crippen LogP contribution in [0, 0.1) is 0 Å². The highest BCUT2D eigenvalue weighted by molar-refractivity contribution is 7.25. The SMILES string of the molecule is COc1ccc(-c2nc3sc4c(O[C@@H]5O[C@H](C(=O)O)[C@@H](O)[C@H](O)[C@H]5O)cccc4c3c(=O)n2Cc2cnco2)c(C2CC2)c1. The van der Waals surface area contributed by atoms with E-state index in [2.05, 4.69) is 4.98 Å². The van der Waals surface area contributed by atoms with Gasteiger partial charge in [-0.25, -0.2) is 14.8 Å². The summed E-state index contributed by atoms with van der Waals surface area (Å²) in [6.07, 6.45) is -3.99. The van der Waals surface area contributed by atoms with Crippen LogP contribution in [0.2, 0.25) is 0 Å². The smallest absolute Gasteiger partial charge is 0.335 e. The Bertz CT molecular complexity index is 1930. The molecule has 14 heteroatoms. The van der Waals surface area contributed by atoms with Crippen molar-refractivity contribution in [3.63, 3.8) is 0 Å². The average molecular weight is 622 g/mol. The van der Waals surface area contributed by atoms with Crippen molar-refractivity contribution in [2.75, 3.05) is 7.11 Å². The fourth-order valence-electron chi connectivity index (χ4n) is 5.55. The fourth-order valence-corrected chi connectivity index (χ4v) is 6.67. The molecule has 3 aromatic heterocycles. The van der Waals surface area contributed by atoms with E-state index in [0.29, 0.717) is 43.6 Å². The molecular formula is C30H27N3O10S. The van der Waals surface area contributed by atoms with Gasteiger partial charge in [0.15, 0.2) is 12.5 Å². The van der Waals surface area contributed by atoms with Crippen molar-refractivity contribution in [3.8, 4) is 22.9 Å². The Hall–Kier alpha value is -4.34. The van der Waals surface area contributed by atoms with Gasteiger partial charge in [-0.15, -0.1) is 11.3 Å². The Kier molecular flexibility index (Phi) is 7.10. The molecule has 228 valence electrons. The first-order valence-electron chi connectivity index (χ1n) is 13.9. The zero-order chi connectivity index (χ0) is 30.7. The molecular weight excluding hydrogens is 594 g/mol. The van der Waals surface area contributed by atoms with Crippen molar-refractivity contribution in [3.05, 3.63) is 70.7 Å². The van der Waals surface area contributed by atoms with Gasteiger partial charge in [0.2, 0.25) is 6.29 Å². The second kappa shape index (κ2) is 11.0. The predicted octanol–water partition coefficient (Wildman–Crippen LogP) is 2.47. The van der Waals surface area contributed by atoms with E-state index in [1.165, 1.54) is 17.7 Å². The lowest BCUT2D eigenvalue weighted by atomic mass is 9.99. The van der Waals surface area contributed by atoms with Crippen LogP contribution in [-0.2, 0) is 16.1 Å². The molecule has 1 saturated carbocycles. The van der Waals surface area contributed by atoms with E-state index in [0.717, 1.165) is 24.0 Å². The van der Waals surface area contributed by atoms with Gasteiger partial charge in [-0.1, -0.05) is 12.1 Å². The van der Waals surface area contributed by atoms with Gasteiger partial charge in [-0.05, 0) is 48.6 Å². The van der Waals surface area contributed by atoms with Crippen molar-refractivity contribution in [2.24, 2.45) is 0 Å². The quantitative estimate of drug-likeness (QED) is 0.199. The number of benzene rings is 2. The van der Waals surface area contributed by atoms with Crippen LogP contribution in [0.25, 0.3) is 31.7 Å². The van der Waals surface area contributed by atoms with Crippen LogP contribution < -0.4 is 15.0 Å². The molecule has 0 bridgehead atoms. The molecule has 4 heterocycles. The number of methoxy groups -OCH3 is 1. The summed E-state index contributed by atoms with van der Waals surface area (Å²) in [7, 11) is 1.61. The van der Waals surface area contributed by atoms with Gasteiger partial charge in [0.25, 0.3) is 5.56 Å². The number of hydrogen-bond acceptors (Lipinski definition) is 12. The van der Waals surface area contributed by atoms with Crippen LogP contribution in [0.3, 0.4) is 0 Å². The van der Waals surface area contributed by atoms with Gasteiger partial charge in [0.05, 0.1) is 29.9 Å².